The summed E-state index contributed by atoms with van der Waals surface area (Å²) in [5.74, 6) is -1.90. The minimum absolute atomic E-state index is 0.306. The summed E-state index contributed by atoms with van der Waals surface area (Å²) < 4.78 is 33.7. The van der Waals surface area contributed by atoms with E-state index in [9.17, 15) is 4.79 Å². The quantitative estimate of drug-likeness (QED) is 0.692. The van der Waals surface area contributed by atoms with E-state index in [0.717, 1.165) is 0 Å². The molecule has 0 saturated carbocycles. The first-order chi connectivity index (χ1) is 9.72. The van der Waals surface area contributed by atoms with E-state index in [2.05, 4.69) is 0 Å². The van der Waals surface area contributed by atoms with Gasteiger partial charge in [-0.3, -0.25) is 0 Å². The molecule has 0 unspecified atom stereocenters. The van der Waals surface area contributed by atoms with E-state index in [0.29, 0.717) is 6.61 Å². The van der Waals surface area contributed by atoms with E-state index in [1.807, 2.05) is 27.7 Å². The predicted molar refractivity (Wildman–Crippen MR) is 69.4 cm³/mol. The standard InChI is InChI=1S/C14H22O7/c1-13(2)17-6-7(19-13)8-9-10(21-14(3,4)20-9)11(18-8)12(15)16-5/h7-11H,6H2,1-5H3/t7-,8-,9+,10+,11-/m1/s1. The third-order valence-corrected chi connectivity index (χ3v) is 3.92. The average molecular weight is 302 g/mol. The fraction of sp³-hybridized carbons (Fsp3) is 0.929. The topological polar surface area (TPSA) is 72.5 Å². The first-order valence-electron chi connectivity index (χ1n) is 7.13. The van der Waals surface area contributed by atoms with Crippen molar-refractivity contribution in [3.63, 3.8) is 0 Å². The van der Waals surface area contributed by atoms with Gasteiger partial charge < -0.3 is 28.4 Å². The third-order valence-electron chi connectivity index (χ3n) is 3.92. The van der Waals surface area contributed by atoms with Crippen molar-refractivity contribution in [1.29, 1.82) is 0 Å². The molecule has 120 valence electrons. The molecule has 3 fully saturated rings. The molecule has 3 aliphatic rings. The molecule has 0 bridgehead atoms. The lowest BCUT2D eigenvalue weighted by molar-refractivity contribution is -0.210. The van der Waals surface area contributed by atoms with Crippen LogP contribution in [0.15, 0.2) is 0 Å². The molecule has 3 heterocycles. The number of carbonyl (C=O) groups is 1. The van der Waals surface area contributed by atoms with Crippen LogP contribution in [0.25, 0.3) is 0 Å². The number of fused-ring (bicyclic) bond motifs is 1. The van der Waals surface area contributed by atoms with E-state index in [1.165, 1.54) is 7.11 Å². The van der Waals surface area contributed by atoms with Gasteiger partial charge in [0.05, 0.1) is 13.7 Å². The van der Waals surface area contributed by atoms with Crippen molar-refractivity contribution in [2.24, 2.45) is 0 Å². The molecule has 3 aliphatic heterocycles. The molecule has 0 N–H and O–H groups in total. The van der Waals surface area contributed by atoms with Crippen LogP contribution in [-0.4, -0.2) is 61.8 Å². The summed E-state index contributed by atoms with van der Waals surface area (Å²) in [5.41, 5.74) is 0. The van der Waals surface area contributed by atoms with Crippen molar-refractivity contribution in [2.45, 2.75) is 69.8 Å². The lowest BCUT2D eigenvalue weighted by Crippen LogP contribution is -2.40. The largest absolute Gasteiger partial charge is 0.467 e. The fourth-order valence-electron chi connectivity index (χ4n) is 3.11. The van der Waals surface area contributed by atoms with E-state index in [1.54, 1.807) is 0 Å². The maximum Gasteiger partial charge on any atom is 0.337 e. The average Bonchev–Trinajstić information content (AvgIpc) is 2.98. The minimum atomic E-state index is -0.806. The van der Waals surface area contributed by atoms with Gasteiger partial charge in [-0.05, 0) is 27.7 Å². The van der Waals surface area contributed by atoms with Gasteiger partial charge in [0.15, 0.2) is 17.7 Å². The van der Waals surface area contributed by atoms with E-state index < -0.39 is 35.9 Å². The fourth-order valence-corrected chi connectivity index (χ4v) is 3.11. The second-order valence-corrected chi connectivity index (χ2v) is 6.48. The van der Waals surface area contributed by atoms with Gasteiger partial charge >= 0.3 is 5.97 Å². The lowest BCUT2D eigenvalue weighted by Gasteiger charge is -2.26. The Hall–Kier alpha value is -0.730. The maximum absolute atomic E-state index is 11.9. The monoisotopic (exact) mass is 302 g/mol. The molecule has 7 nitrogen and oxygen atoms in total. The van der Waals surface area contributed by atoms with Gasteiger partial charge in [-0.2, -0.15) is 0 Å². The third kappa shape index (κ3) is 2.68. The SMILES string of the molecule is COC(=O)[C@@H]1O[C@H]([C@H]2COC(C)(C)O2)[C@@H]2OC(C)(C)O[C@@H]21. The second-order valence-electron chi connectivity index (χ2n) is 6.48. The van der Waals surface area contributed by atoms with Gasteiger partial charge in [-0.25, -0.2) is 4.79 Å². The number of methoxy groups -OCH3 is 1. The van der Waals surface area contributed by atoms with Crippen LogP contribution in [0, 0.1) is 0 Å². The molecule has 0 radical (unpaired) electrons. The lowest BCUT2D eigenvalue weighted by atomic mass is 10.0. The highest BCUT2D eigenvalue weighted by molar-refractivity contribution is 5.76. The molecule has 0 amide bonds. The molecule has 21 heavy (non-hydrogen) atoms. The summed E-state index contributed by atoms with van der Waals surface area (Å²) in [7, 11) is 1.33. The van der Waals surface area contributed by atoms with Crippen LogP contribution in [-0.2, 0) is 33.2 Å². The first-order valence-corrected chi connectivity index (χ1v) is 7.13. The van der Waals surface area contributed by atoms with Crippen molar-refractivity contribution in [3.05, 3.63) is 0 Å². The molecule has 3 saturated heterocycles. The first kappa shape index (κ1) is 15.2. The van der Waals surface area contributed by atoms with Gasteiger partial charge in [0.1, 0.15) is 24.4 Å². The van der Waals surface area contributed by atoms with Crippen LogP contribution in [0.3, 0.4) is 0 Å². The number of hydrogen-bond donors (Lipinski definition) is 0. The zero-order valence-corrected chi connectivity index (χ0v) is 13.0. The molecule has 7 heteroatoms. The Labute approximate surface area is 123 Å². The van der Waals surface area contributed by atoms with Crippen LogP contribution in [0.4, 0.5) is 0 Å². The Morgan fingerprint density at radius 2 is 1.67 bits per heavy atom. The van der Waals surface area contributed by atoms with Crippen molar-refractivity contribution in [2.75, 3.05) is 13.7 Å². The predicted octanol–water partition coefficient (Wildman–Crippen LogP) is 0.598. The molecule has 0 aromatic heterocycles. The molecule has 0 aromatic rings. The molecular formula is C14H22O7. The summed E-state index contributed by atoms with van der Waals surface area (Å²) in [6.07, 6.45) is -2.42. The van der Waals surface area contributed by atoms with Crippen LogP contribution in [0.5, 0.6) is 0 Å². The summed E-state index contributed by atoms with van der Waals surface area (Å²) in [6.45, 7) is 7.69. The molecule has 0 spiro atoms. The van der Waals surface area contributed by atoms with Crippen LogP contribution in [0.1, 0.15) is 27.7 Å². The van der Waals surface area contributed by atoms with E-state index in [4.69, 9.17) is 28.4 Å². The number of carbonyl (C=O) groups excluding carboxylic acids is 1. The zero-order valence-electron chi connectivity index (χ0n) is 13.0. The van der Waals surface area contributed by atoms with Crippen molar-refractivity contribution in [1.82, 2.24) is 0 Å². The number of esters is 1. The highest BCUT2D eigenvalue weighted by Crippen LogP contribution is 2.42. The molecular weight excluding hydrogens is 280 g/mol. The van der Waals surface area contributed by atoms with Crippen molar-refractivity contribution < 1.29 is 33.2 Å². The summed E-state index contributed by atoms with van der Waals surface area (Å²) in [5, 5.41) is 0. The second kappa shape index (κ2) is 4.89. The number of ether oxygens (including phenoxy) is 6. The van der Waals surface area contributed by atoms with Gasteiger partial charge in [0, 0.05) is 0 Å². The Morgan fingerprint density at radius 3 is 2.24 bits per heavy atom. The van der Waals surface area contributed by atoms with Gasteiger partial charge in [0.25, 0.3) is 0 Å². The van der Waals surface area contributed by atoms with Crippen molar-refractivity contribution >= 4 is 5.97 Å². The number of rotatable bonds is 2. The summed E-state index contributed by atoms with van der Waals surface area (Å²) >= 11 is 0. The normalized spacial score (nSPS) is 43.8. The molecule has 5 atom stereocenters. The van der Waals surface area contributed by atoms with Crippen LogP contribution in [0.2, 0.25) is 0 Å². The minimum Gasteiger partial charge on any atom is -0.467 e. The van der Waals surface area contributed by atoms with Crippen LogP contribution < -0.4 is 0 Å². The Kier molecular flexibility index (Phi) is 3.53. The summed E-state index contributed by atoms with van der Waals surface area (Å²) in [6, 6.07) is 0. The molecule has 0 aromatic carbocycles. The Balaban J connectivity index is 1.80. The highest BCUT2D eigenvalue weighted by atomic mass is 16.8. The Morgan fingerprint density at radius 1 is 1.00 bits per heavy atom. The maximum atomic E-state index is 11.9. The van der Waals surface area contributed by atoms with E-state index >= 15 is 0 Å². The number of hydrogen-bond acceptors (Lipinski definition) is 7. The molecule has 0 aliphatic carbocycles. The van der Waals surface area contributed by atoms with Gasteiger partial charge in [-0.1, -0.05) is 0 Å². The smallest absolute Gasteiger partial charge is 0.337 e. The van der Waals surface area contributed by atoms with Crippen molar-refractivity contribution in [3.8, 4) is 0 Å². The van der Waals surface area contributed by atoms with E-state index in [-0.39, 0.29) is 12.2 Å². The molecule has 3 rings (SSSR count). The van der Waals surface area contributed by atoms with Crippen LogP contribution >= 0.6 is 0 Å². The van der Waals surface area contributed by atoms with Gasteiger partial charge in [-0.15, -0.1) is 0 Å². The highest BCUT2D eigenvalue weighted by Gasteiger charge is 2.61. The van der Waals surface area contributed by atoms with Gasteiger partial charge in [0.2, 0.25) is 0 Å². The zero-order chi connectivity index (χ0) is 15.4. The summed E-state index contributed by atoms with van der Waals surface area (Å²) in [4.78, 5) is 11.9. The Bertz CT molecular complexity index is 433.